The number of hydrogen-bond acceptors (Lipinski definition) is 5. The third kappa shape index (κ3) is 4.62. The number of rotatable bonds is 5. The quantitative estimate of drug-likeness (QED) is 0.379. The smallest absolute Gasteiger partial charge is 0.348 e. The number of esters is 2. The Morgan fingerprint density at radius 2 is 1.87 bits per heavy atom. The molecule has 0 bridgehead atoms. The Bertz CT molecular complexity index is 338. The lowest BCUT2D eigenvalue weighted by Gasteiger charge is -2.05. The minimum Gasteiger partial charge on any atom is -0.463 e. The largest absolute Gasteiger partial charge is 0.463 e. The van der Waals surface area contributed by atoms with Crippen LogP contribution in [0, 0.1) is 11.3 Å². The molecule has 0 aromatic heterocycles. The fourth-order valence-corrected chi connectivity index (χ4v) is 0.578. The fourth-order valence-electron chi connectivity index (χ4n) is 0.578. The van der Waals surface area contributed by atoms with Crippen molar-refractivity contribution in [1.82, 2.24) is 0 Å². The van der Waals surface area contributed by atoms with Crippen LogP contribution < -0.4 is 0 Å². The number of nitrogens with zero attached hydrogens (tertiary/aromatic N) is 1. The predicted octanol–water partition coefficient (Wildman–Crippen LogP) is 0.729. The molecule has 0 aliphatic heterocycles. The lowest BCUT2D eigenvalue weighted by Crippen LogP contribution is -2.15. The van der Waals surface area contributed by atoms with Crippen LogP contribution in [0.1, 0.15) is 6.92 Å². The zero-order valence-corrected chi connectivity index (χ0v) is 8.41. The summed E-state index contributed by atoms with van der Waals surface area (Å²) in [5, 5.41) is 8.30. The molecule has 0 aliphatic carbocycles. The first kappa shape index (κ1) is 12.9. The second-order valence-corrected chi connectivity index (χ2v) is 2.49. The van der Waals surface area contributed by atoms with Gasteiger partial charge in [-0.2, -0.15) is 5.26 Å². The van der Waals surface area contributed by atoms with Crippen LogP contribution in [0.2, 0.25) is 0 Å². The highest BCUT2D eigenvalue weighted by Gasteiger charge is 2.12. The van der Waals surface area contributed by atoms with Gasteiger partial charge >= 0.3 is 11.9 Å². The molecule has 0 atom stereocenters. The van der Waals surface area contributed by atoms with Gasteiger partial charge in [0.2, 0.25) is 0 Å². The molecule has 0 aliphatic rings. The molecule has 0 radical (unpaired) electrons. The van der Waals surface area contributed by atoms with E-state index in [0.717, 1.165) is 0 Å². The first-order valence-corrected chi connectivity index (χ1v) is 4.14. The van der Waals surface area contributed by atoms with Gasteiger partial charge in [0.05, 0.1) is 12.2 Å². The summed E-state index contributed by atoms with van der Waals surface area (Å²) in [7, 11) is 0. The summed E-state index contributed by atoms with van der Waals surface area (Å²) < 4.78 is 9.17. The number of hydrogen-bond donors (Lipinski definition) is 0. The van der Waals surface area contributed by atoms with Crippen molar-refractivity contribution in [3.05, 3.63) is 24.3 Å². The minimum absolute atomic E-state index is 0.0101. The van der Waals surface area contributed by atoms with Crippen LogP contribution in [-0.4, -0.2) is 25.2 Å². The Morgan fingerprint density at radius 3 is 2.33 bits per heavy atom. The molecule has 0 spiro atoms. The van der Waals surface area contributed by atoms with E-state index >= 15 is 0 Å². The van der Waals surface area contributed by atoms with Crippen molar-refractivity contribution in [2.75, 3.05) is 13.2 Å². The van der Waals surface area contributed by atoms with Gasteiger partial charge in [-0.25, -0.2) is 9.59 Å². The molecule has 0 unspecified atom stereocenters. The molecular weight excluding hydrogens is 198 g/mol. The fraction of sp³-hybridized carbons (Fsp3) is 0.300. The Morgan fingerprint density at radius 1 is 1.27 bits per heavy atom. The zero-order chi connectivity index (χ0) is 11.8. The molecule has 5 heteroatoms. The Kier molecular flexibility index (Phi) is 5.49. The molecule has 15 heavy (non-hydrogen) atoms. The van der Waals surface area contributed by atoms with Gasteiger partial charge < -0.3 is 9.47 Å². The summed E-state index contributed by atoms with van der Waals surface area (Å²) in [6.45, 7) is 8.08. The second-order valence-electron chi connectivity index (χ2n) is 2.49. The Balaban J connectivity index is 4.02. The summed E-state index contributed by atoms with van der Waals surface area (Å²) in [6, 6.07) is 1.53. The van der Waals surface area contributed by atoms with Crippen LogP contribution in [0.25, 0.3) is 0 Å². The van der Waals surface area contributed by atoms with Gasteiger partial charge in [-0.05, 0) is 6.92 Å². The highest BCUT2D eigenvalue weighted by atomic mass is 16.5. The van der Waals surface area contributed by atoms with E-state index in [4.69, 9.17) is 5.26 Å². The van der Waals surface area contributed by atoms with E-state index in [0.29, 0.717) is 0 Å². The lowest BCUT2D eigenvalue weighted by atomic mass is 10.3. The number of carbonyl (C=O) groups excluding carboxylic acids is 2. The Labute approximate surface area is 87.6 Å². The monoisotopic (exact) mass is 209 g/mol. The van der Waals surface area contributed by atoms with E-state index in [1.54, 1.807) is 6.92 Å². The minimum atomic E-state index is -0.872. The van der Waals surface area contributed by atoms with Crippen LogP contribution in [-0.2, 0) is 19.1 Å². The van der Waals surface area contributed by atoms with Crippen molar-refractivity contribution in [2.24, 2.45) is 0 Å². The molecule has 0 aromatic rings. The third-order valence-electron chi connectivity index (χ3n) is 1.32. The van der Waals surface area contributed by atoms with Crippen LogP contribution in [0.5, 0.6) is 0 Å². The lowest BCUT2D eigenvalue weighted by molar-refractivity contribution is -0.141. The Hall–Kier alpha value is -2.09. The maximum Gasteiger partial charge on any atom is 0.348 e. The van der Waals surface area contributed by atoms with Crippen molar-refractivity contribution < 1.29 is 19.1 Å². The molecule has 0 aromatic carbocycles. The average molecular weight is 209 g/mol. The van der Waals surface area contributed by atoms with Crippen LogP contribution >= 0.6 is 0 Å². The summed E-state index contributed by atoms with van der Waals surface area (Å²) in [6.07, 6.45) is 0. The molecule has 0 N–H and O–H groups in total. The van der Waals surface area contributed by atoms with Gasteiger partial charge in [-0.3, -0.25) is 0 Å². The maximum absolute atomic E-state index is 11.0. The van der Waals surface area contributed by atoms with Gasteiger partial charge in [0.15, 0.2) is 0 Å². The molecule has 80 valence electrons. The van der Waals surface area contributed by atoms with Crippen LogP contribution in [0.3, 0.4) is 0 Å². The van der Waals surface area contributed by atoms with Crippen molar-refractivity contribution in [1.29, 1.82) is 5.26 Å². The van der Waals surface area contributed by atoms with E-state index in [9.17, 15) is 9.59 Å². The second kappa shape index (κ2) is 6.38. The van der Waals surface area contributed by atoms with Gasteiger partial charge in [-0.15, -0.1) is 0 Å². The SMILES string of the molecule is C=C(C#N)C(=O)OCC(=C)C(=O)OCC. The van der Waals surface area contributed by atoms with Crippen LogP contribution in [0.4, 0.5) is 0 Å². The van der Waals surface area contributed by atoms with Crippen LogP contribution in [0.15, 0.2) is 24.3 Å². The topological polar surface area (TPSA) is 76.4 Å². The molecule has 0 saturated carbocycles. The molecule has 5 nitrogen and oxygen atoms in total. The van der Waals surface area contributed by atoms with Crippen molar-refractivity contribution in [3.8, 4) is 6.07 Å². The average Bonchev–Trinajstić information content (AvgIpc) is 2.24. The normalized spacial score (nSPS) is 8.53. The molecular formula is C10H11NO4. The summed E-state index contributed by atoms with van der Waals surface area (Å²) in [5.41, 5.74) is -0.317. The van der Waals surface area contributed by atoms with E-state index in [-0.39, 0.29) is 24.4 Å². The summed E-state index contributed by atoms with van der Waals surface area (Å²) in [5.74, 6) is -1.50. The first-order valence-electron chi connectivity index (χ1n) is 4.14. The maximum atomic E-state index is 11.0. The highest BCUT2D eigenvalue weighted by Crippen LogP contribution is 1.99. The van der Waals surface area contributed by atoms with Crippen molar-refractivity contribution in [2.45, 2.75) is 6.92 Å². The van der Waals surface area contributed by atoms with Gasteiger partial charge in [0.1, 0.15) is 18.2 Å². The molecule has 0 amide bonds. The molecule has 0 saturated heterocycles. The molecule has 0 fully saturated rings. The standard InChI is InChI=1S/C10H11NO4/c1-4-14-10(13)8(3)6-15-9(12)7(2)5-11/h2-4,6H2,1H3. The zero-order valence-electron chi connectivity index (χ0n) is 8.41. The van der Waals surface area contributed by atoms with E-state index in [1.165, 1.54) is 6.07 Å². The van der Waals surface area contributed by atoms with E-state index in [1.807, 2.05) is 0 Å². The number of ether oxygens (including phenoxy) is 2. The third-order valence-corrected chi connectivity index (χ3v) is 1.32. The summed E-state index contributed by atoms with van der Waals surface area (Å²) >= 11 is 0. The van der Waals surface area contributed by atoms with Gasteiger partial charge in [0, 0.05) is 0 Å². The first-order chi connectivity index (χ1) is 7.02. The number of carbonyl (C=O) groups is 2. The van der Waals surface area contributed by atoms with E-state index in [2.05, 4.69) is 22.6 Å². The van der Waals surface area contributed by atoms with Crippen molar-refractivity contribution >= 4 is 11.9 Å². The molecule has 0 heterocycles. The highest BCUT2D eigenvalue weighted by molar-refractivity contribution is 5.93. The molecule has 0 rings (SSSR count). The number of nitriles is 1. The van der Waals surface area contributed by atoms with Gasteiger partial charge in [0.25, 0.3) is 0 Å². The predicted molar refractivity (Wildman–Crippen MR) is 51.5 cm³/mol. The van der Waals surface area contributed by atoms with Gasteiger partial charge in [-0.1, -0.05) is 13.2 Å². The van der Waals surface area contributed by atoms with E-state index < -0.39 is 11.9 Å². The van der Waals surface area contributed by atoms with Crippen molar-refractivity contribution in [3.63, 3.8) is 0 Å². The summed E-state index contributed by atoms with van der Waals surface area (Å²) in [4.78, 5) is 21.9.